The standard InChI is InChI=1S/C15H30N2O3/c1-12-7-17(8-13(2)20-12)10-15(19)9-16-5-3-14(11-18)4-6-16/h12-15,18-19H,3-11H2,1-2H3. The molecule has 0 bridgehead atoms. The predicted molar refractivity (Wildman–Crippen MR) is 78.7 cm³/mol. The minimum atomic E-state index is -0.293. The number of ether oxygens (including phenoxy) is 1. The highest BCUT2D eigenvalue weighted by molar-refractivity contribution is 4.78. The maximum Gasteiger partial charge on any atom is 0.0793 e. The van der Waals surface area contributed by atoms with Gasteiger partial charge >= 0.3 is 0 Å². The van der Waals surface area contributed by atoms with Crippen molar-refractivity contribution in [2.24, 2.45) is 5.92 Å². The Morgan fingerprint density at radius 3 is 2.15 bits per heavy atom. The Kier molecular flexibility index (Phi) is 6.23. The molecule has 2 fully saturated rings. The summed E-state index contributed by atoms with van der Waals surface area (Å²) in [5.74, 6) is 0.462. The van der Waals surface area contributed by atoms with E-state index in [0.717, 1.165) is 52.1 Å². The summed E-state index contributed by atoms with van der Waals surface area (Å²) in [4.78, 5) is 4.63. The summed E-state index contributed by atoms with van der Waals surface area (Å²) in [6.07, 6.45) is 2.32. The van der Waals surface area contributed by atoms with Gasteiger partial charge in [-0.3, -0.25) is 4.90 Å². The quantitative estimate of drug-likeness (QED) is 0.754. The maximum atomic E-state index is 10.3. The zero-order valence-electron chi connectivity index (χ0n) is 12.9. The Morgan fingerprint density at radius 1 is 1.05 bits per heavy atom. The average molecular weight is 286 g/mol. The fourth-order valence-corrected chi connectivity index (χ4v) is 3.44. The van der Waals surface area contributed by atoms with E-state index in [1.54, 1.807) is 0 Å². The van der Waals surface area contributed by atoms with Crippen molar-refractivity contribution in [2.45, 2.75) is 45.0 Å². The molecule has 3 atom stereocenters. The van der Waals surface area contributed by atoms with Gasteiger partial charge in [0.05, 0.1) is 18.3 Å². The number of hydrogen-bond acceptors (Lipinski definition) is 5. The first-order chi connectivity index (χ1) is 9.56. The van der Waals surface area contributed by atoms with E-state index in [1.807, 2.05) is 0 Å². The van der Waals surface area contributed by atoms with Gasteiger partial charge < -0.3 is 19.8 Å². The van der Waals surface area contributed by atoms with Crippen LogP contribution in [0.4, 0.5) is 0 Å². The molecule has 2 aliphatic rings. The number of nitrogens with zero attached hydrogens (tertiary/aromatic N) is 2. The van der Waals surface area contributed by atoms with Crippen molar-refractivity contribution in [3.8, 4) is 0 Å². The molecule has 0 aliphatic carbocycles. The molecule has 0 aromatic carbocycles. The first-order valence-electron chi connectivity index (χ1n) is 7.96. The Bertz CT molecular complexity index is 272. The highest BCUT2D eigenvalue weighted by Gasteiger charge is 2.25. The van der Waals surface area contributed by atoms with Crippen LogP contribution >= 0.6 is 0 Å². The molecule has 0 spiro atoms. The number of hydrogen-bond donors (Lipinski definition) is 2. The van der Waals surface area contributed by atoms with Crippen LogP contribution < -0.4 is 0 Å². The van der Waals surface area contributed by atoms with Crippen molar-refractivity contribution in [1.82, 2.24) is 9.80 Å². The van der Waals surface area contributed by atoms with Crippen molar-refractivity contribution >= 4 is 0 Å². The summed E-state index contributed by atoms with van der Waals surface area (Å²) in [6, 6.07) is 0. The highest BCUT2D eigenvalue weighted by Crippen LogP contribution is 2.17. The van der Waals surface area contributed by atoms with Gasteiger partial charge in [0.25, 0.3) is 0 Å². The van der Waals surface area contributed by atoms with Crippen LogP contribution in [0.25, 0.3) is 0 Å². The van der Waals surface area contributed by atoms with Gasteiger partial charge in [0.1, 0.15) is 0 Å². The second-order valence-electron chi connectivity index (χ2n) is 6.56. The third kappa shape index (κ3) is 4.97. The lowest BCUT2D eigenvalue weighted by molar-refractivity contribution is -0.0784. The molecule has 0 saturated carbocycles. The average Bonchev–Trinajstić information content (AvgIpc) is 2.38. The van der Waals surface area contributed by atoms with Gasteiger partial charge in [-0.05, 0) is 45.7 Å². The molecule has 118 valence electrons. The Balaban J connectivity index is 1.68. The van der Waals surface area contributed by atoms with E-state index in [-0.39, 0.29) is 18.3 Å². The Hall–Kier alpha value is -0.200. The molecule has 20 heavy (non-hydrogen) atoms. The smallest absolute Gasteiger partial charge is 0.0793 e. The summed E-state index contributed by atoms with van der Waals surface area (Å²) in [6.45, 7) is 9.79. The van der Waals surface area contributed by atoms with Crippen LogP contribution in [0.5, 0.6) is 0 Å². The Labute approximate surface area is 122 Å². The van der Waals surface area contributed by atoms with Crippen LogP contribution in [-0.2, 0) is 4.74 Å². The van der Waals surface area contributed by atoms with E-state index in [2.05, 4.69) is 23.6 Å². The van der Waals surface area contributed by atoms with Crippen LogP contribution in [-0.4, -0.2) is 84.2 Å². The monoisotopic (exact) mass is 286 g/mol. The second kappa shape index (κ2) is 7.71. The molecule has 5 heteroatoms. The van der Waals surface area contributed by atoms with Crippen LogP contribution in [0, 0.1) is 5.92 Å². The van der Waals surface area contributed by atoms with Crippen LogP contribution in [0.3, 0.4) is 0 Å². The summed E-state index contributed by atoms with van der Waals surface area (Å²) >= 11 is 0. The van der Waals surface area contributed by atoms with E-state index in [4.69, 9.17) is 9.84 Å². The van der Waals surface area contributed by atoms with Gasteiger partial charge in [-0.15, -0.1) is 0 Å². The Morgan fingerprint density at radius 2 is 1.60 bits per heavy atom. The molecular formula is C15H30N2O3. The lowest BCUT2D eigenvalue weighted by Gasteiger charge is -2.38. The van der Waals surface area contributed by atoms with Gasteiger partial charge in [0, 0.05) is 32.8 Å². The third-order valence-corrected chi connectivity index (χ3v) is 4.40. The first-order valence-corrected chi connectivity index (χ1v) is 7.96. The molecule has 2 aliphatic heterocycles. The molecule has 2 N–H and O–H groups in total. The number of aliphatic hydroxyl groups excluding tert-OH is 2. The zero-order valence-corrected chi connectivity index (χ0v) is 12.9. The van der Waals surface area contributed by atoms with Crippen LogP contribution in [0.2, 0.25) is 0 Å². The van der Waals surface area contributed by atoms with Gasteiger partial charge in [-0.25, -0.2) is 0 Å². The minimum absolute atomic E-state index is 0.256. The topological polar surface area (TPSA) is 56.2 Å². The van der Waals surface area contributed by atoms with Crippen molar-refractivity contribution in [1.29, 1.82) is 0 Å². The number of rotatable bonds is 5. The van der Waals surface area contributed by atoms with Crippen molar-refractivity contribution in [3.63, 3.8) is 0 Å². The van der Waals surface area contributed by atoms with Gasteiger partial charge in [0.15, 0.2) is 0 Å². The molecule has 0 amide bonds. The van der Waals surface area contributed by atoms with Crippen LogP contribution in [0.1, 0.15) is 26.7 Å². The summed E-state index contributed by atoms with van der Waals surface area (Å²) < 4.78 is 5.71. The normalized spacial score (nSPS) is 32.4. The molecule has 0 radical (unpaired) electrons. The SMILES string of the molecule is CC1CN(CC(O)CN2CCC(CO)CC2)CC(C)O1. The summed E-state index contributed by atoms with van der Waals surface area (Å²) in [5.41, 5.74) is 0. The number of aliphatic hydroxyl groups is 2. The molecule has 0 aromatic heterocycles. The largest absolute Gasteiger partial charge is 0.396 e. The molecule has 2 rings (SSSR count). The molecule has 3 unspecified atom stereocenters. The molecule has 5 nitrogen and oxygen atoms in total. The third-order valence-electron chi connectivity index (χ3n) is 4.40. The summed E-state index contributed by atoms with van der Waals surface area (Å²) in [7, 11) is 0. The number of morpholine rings is 1. The van der Waals surface area contributed by atoms with Crippen molar-refractivity contribution in [3.05, 3.63) is 0 Å². The first kappa shape index (κ1) is 16.2. The minimum Gasteiger partial charge on any atom is -0.396 e. The lowest BCUT2D eigenvalue weighted by Crippen LogP contribution is -2.50. The van der Waals surface area contributed by atoms with Gasteiger partial charge in [-0.1, -0.05) is 0 Å². The second-order valence-corrected chi connectivity index (χ2v) is 6.56. The summed E-state index contributed by atoms with van der Waals surface area (Å²) in [5, 5.41) is 19.4. The fourth-order valence-electron chi connectivity index (χ4n) is 3.44. The van der Waals surface area contributed by atoms with E-state index in [9.17, 15) is 5.11 Å². The maximum absolute atomic E-state index is 10.3. The van der Waals surface area contributed by atoms with E-state index >= 15 is 0 Å². The van der Waals surface area contributed by atoms with Crippen LogP contribution in [0.15, 0.2) is 0 Å². The van der Waals surface area contributed by atoms with E-state index < -0.39 is 0 Å². The van der Waals surface area contributed by atoms with Gasteiger partial charge in [0.2, 0.25) is 0 Å². The lowest BCUT2D eigenvalue weighted by atomic mass is 9.98. The zero-order chi connectivity index (χ0) is 14.5. The van der Waals surface area contributed by atoms with Crippen molar-refractivity contribution in [2.75, 3.05) is 45.9 Å². The fraction of sp³-hybridized carbons (Fsp3) is 1.00. The highest BCUT2D eigenvalue weighted by atomic mass is 16.5. The van der Waals surface area contributed by atoms with E-state index in [1.165, 1.54) is 0 Å². The van der Waals surface area contributed by atoms with Crippen molar-refractivity contribution < 1.29 is 14.9 Å². The molecule has 2 heterocycles. The number of β-amino-alcohol motifs (C(OH)–C–C–N with tert-alkyl or cyclic N) is 1. The molecule has 0 aromatic rings. The predicted octanol–water partition coefficient (Wildman–Crippen LogP) is 0.161. The van der Waals surface area contributed by atoms with Gasteiger partial charge in [-0.2, -0.15) is 0 Å². The number of piperidine rings is 1. The van der Waals surface area contributed by atoms with E-state index in [0.29, 0.717) is 12.5 Å². The number of likely N-dealkylation sites (tertiary alicyclic amines) is 1. The molecular weight excluding hydrogens is 256 g/mol. The molecule has 2 saturated heterocycles.